The van der Waals surface area contributed by atoms with Crippen molar-refractivity contribution < 1.29 is 24.6 Å². The number of rotatable bonds is 4. The summed E-state index contributed by atoms with van der Waals surface area (Å²) < 4.78 is 0. The molecule has 9 nitrogen and oxygen atoms in total. The van der Waals surface area contributed by atoms with E-state index in [1.165, 1.54) is 29.2 Å². The fourth-order valence-corrected chi connectivity index (χ4v) is 4.03. The molecular weight excluding hydrogens is 396 g/mol. The van der Waals surface area contributed by atoms with Gasteiger partial charge in [0.25, 0.3) is 5.91 Å². The average molecular weight is 410 g/mol. The van der Waals surface area contributed by atoms with Crippen LogP contribution < -0.4 is 10.2 Å². The van der Waals surface area contributed by atoms with E-state index in [1.807, 2.05) is 0 Å². The molecule has 1 saturated heterocycles. The number of aliphatic carboxylic acids is 1. The monoisotopic (exact) mass is 410 g/mol. The summed E-state index contributed by atoms with van der Waals surface area (Å²) in [5.41, 5.74) is 1.72. The molecule has 4 rings (SSSR count). The van der Waals surface area contributed by atoms with Crippen molar-refractivity contribution in [3.05, 3.63) is 54.1 Å². The third-order valence-electron chi connectivity index (χ3n) is 4.28. The average Bonchev–Trinajstić information content (AvgIpc) is 3.16. The minimum Gasteiger partial charge on any atom is -0.508 e. The van der Waals surface area contributed by atoms with Crippen LogP contribution in [0.15, 0.2) is 58.7 Å². The van der Waals surface area contributed by atoms with Crippen LogP contribution in [0.25, 0.3) is 0 Å². The summed E-state index contributed by atoms with van der Waals surface area (Å²) >= 11 is 0.964. The van der Waals surface area contributed by atoms with Gasteiger partial charge in [-0.05, 0) is 30.3 Å². The number of carbonyl (C=O) groups excluding carboxylic acids is 2. The summed E-state index contributed by atoms with van der Waals surface area (Å²) in [4.78, 5) is 37.3. The summed E-state index contributed by atoms with van der Waals surface area (Å²) in [5.74, 6) is -1.97. The molecule has 146 valence electrons. The molecule has 2 aliphatic heterocycles. The summed E-state index contributed by atoms with van der Waals surface area (Å²) in [6, 6.07) is 12.8. The van der Waals surface area contributed by atoms with Crippen LogP contribution in [0, 0.1) is 0 Å². The molecule has 0 aromatic heterocycles. The minimum absolute atomic E-state index is 0.0214. The number of nitrogens with zero attached hydrogens (tertiary/aromatic N) is 3. The summed E-state index contributed by atoms with van der Waals surface area (Å²) in [6.45, 7) is 0. The van der Waals surface area contributed by atoms with Crippen LogP contribution in [0.4, 0.5) is 11.4 Å². The number of phenolic OH excluding ortho intramolecular Hbond substituents is 1. The normalized spacial score (nSPS) is 21.0. The Hall–Kier alpha value is -3.66. The third-order valence-corrected chi connectivity index (χ3v) is 5.41. The number of benzene rings is 2. The van der Waals surface area contributed by atoms with Gasteiger partial charge in [0, 0.05) is 5.56 Å². The Kier molecular flexibility index (Phi) is 4.77. The number of thioether (sulfide) groups is 1. The van der Waals surface area contributed by atoms with Crippen molar-refractivity contribution in [1.82, 2.24) is 0 Å². The lowest BCUT2D eigenvalue weighted by atomic mass is 10.1. The number of carboxylic acid groups (broad SMARTS) is 1. The number of carbonyl (C=O) groups is 3. The highest BCUT2D eigenvalue weighted by atomic mass is 32.2. The highest BCUT2D eigenvalue weighted by Crippen LogP contribution is 2.34. The second-order valence-corrected chi connectivity index (χ2v) is 7.40. The molecule has 2 aromatic carbocycles. The fraction of sp³-hybridized carbons (Fsp3) is 0.105. The van der Waals surface area contributed by atoms with Crippen LogP contribution in [-0.2, 0) is 14.4 Å². The van der Waals surface area contributed by atoms with E-state index < -0.39 is 23.0 Å². The number of para-hydroxylation sites is 1. The summed E-state index contributed by atoms with van der Waals surface area (Å²) in [6.07, 6.45) is -0.378. The molecule has 0 radical (unpaired) electrons. The predicted molar refractivity (Wildman–Crippen MR) is 108 cm³/mol. The van der Waals surface area contributed by atoms with Gasteiger partial charge in [-0.25, -0.2) is 0 Å². The van der Waals surface area contributed by atoms with Gasteiger partial charge in [0.15, 0.2) is 10.9 Å². The zero-order chi connectivity index (χ0) is 20.5. The second kappa shape index (κ2) is 7.40. The molecule has 3 N–H and O–H groups in total. The van der Waals surface area contributed by atoms with Crippen molar-refractivity contribution in [2.75, 3.05) is 10.2 Å². The number of aromatic hydroxyl groups is 1. The Morgan fingerprint density at radius 1 is 1.10 bits per heavy atom. The van der Waals surface area contributed by atoms with Crippen molar-refractivity contribution in [2.24, 2.45) is 10.2 Å². The molecule has 29 heavy (non-hydrogen) atoms. The lowest BCUT2D eigenvalue weighted by Gasteiger charge is -2.15. The maximum Gasteiger partial charge on any atom is 0.305 e. The van der Waals surface area contributed by atoms with Crippen molar-refractivity contribution in [2.45, 2.75) is 11.7 Å². The highest BCUT2D eigenvalue weighted by molar-refractivity contribution is 8.16. The Bertz CT molecular complexity index is 1080. The van der Waals surface area contributed by atoms with E-state index in [9.17, 15) is 19.5 Å². The van der Waals surface area contributed by atoms with Crippen molar-refractivity contribution in [1.29, 1.82) is 0 Å². The quantitative estimate of drug-likeness (QED) is 0.661. The lowest BCUT2D eigenvalue weighted by molar-refractivity contribution is -0.138. The molecular formula is C19H14N4O5S. The molecule has 2 aliphatic rings. The minimum atomic E-state index is -1.11. The molecule has 1 atom stereocenters. The molecule has 2 amide bonds. The predicted octanol–water partition coefficient (Wildman–Crippen LogP) is 2.03. The number of anilines is 2. The highest BCUT2D eigenvalue weighted by Gasteiger charge is 2.40. The molecule has 0 spiro atoms. The maximum atomic E-state index is 12.8. The number of nitrogens with one attached hydrogen (secondary N) is 1. The number of hydrogen-bond acceptors (Lipinski definition) is 7. The van der Waals surface area contributed by atoms with E-state index in [2.05, 4.69) is 15.5 Å². The topological polar surface area (TPSA) is 132 Å². The van der Waals surface area contributed by atoms with Gasteiger partial charge in [0.1, 0.15) is 11.0 Å². The summed E-state index contributed by atoms with van der Waals surface area (Å²) in [7, 11) is 0. The first-order valence-electron chi connectivity index (χ1n) is 8.52. The van der Waals surface area contributed by atoms with Crippen LogP contribution in [0.2, 0.25) is 0 Å². The molecule has 0 aliphatic carbocycles. The number of amides is 2. The van der Waals surface area contributed by atoms with E-state index in [0.29, 0.717) is 16.9 Å². The van der Waals surface area contributed by atoms with Crippen molar-refractivity contribution in [3.8, 4) is 5.75 Å². The third kappa shape index (κ3) is 3.57. The molecule has 0 saturated carbocycles. The fourth-order valence-electron chi connectivity index (χ4n) is 2.96. The molecule has 1 fully saturated rings. The van der Waals surface area contributed by atoms with Crippen LogP contribution in [0.1, 0.15) is 12.0 Å². The van der Waals surface area contributed by atoms with Gasteiger partial charge in [0.2, 0.25) is 5.91 Å². The van der Waals surface area contributed by atoms with Gasteiger partial charge in [-0.1, -0.05) is 30.0 Å². The zero-order valence-corrected chi connectivity index (χ0v) is 15.6. The van der Waals surface area contributed by atoms with Gasteiger partial charge in [0.05, 0.1) is 17.8 Å². The van der Waals surface area contributed by atoms with Crippen molar-refractivity contribution in [3.63, 3.8) is 0 Å². The number of hydrogen-bond donors (Lipinski definition) is 3. The van der Waals surface area contributed by atoms with E-state index in [1.54, 1.807) is 24.3 Å². The standard InChI is InChI=1S/C19H14N4O5S/c24-11-7-5-10(6-8-11)23-18(28)14(9-15(25)26)29-19(23)22-21-16-12-3-1-2-4-13(12)20-17(16)27/h1-8,14,24H,9H2,(H,25,26)(H,20,21,27)/b22-19+/t14-/m1/s1. The molecule has 2 heterocycles. The number of amidine groups is 1. The first-order valence-corrected chi connectivity index (χ1v) is 9.40. The van der Waals surface area contributed by atoms with Crippen LogP contribution in [0.5, 0.6) is 5.75 Å². The van der Waals surface area contributed by atoms with E-state index >= 15 is 0 Å². The molecule has 2 aromatic rings. The van der Waals surface area contributed by atoms with Crippen LogP contribution in [-0.4, -0.2) is 44.1 Å². The summed E-state index contributed by atoms with van der Waals surface area (Å²) in [5, 5.41) is 28.7. The van der Waals surface area contributed by atoms with Gasteiger partial charge < -0.3 is 15.5 Å². The second-order valence-electron chi connectivity index (χ2n) is 6.23. The lowest BCUT2D eigenvalue weighted by Crippen LogP contribution is -2.32. The SMILES string of the molecule is O=C(O)C[C@H]1S/C(=N/N=C2C(=O)Nc3ccccc32)N(c2ccc(O)cc2)C1=O. The van der Waals surface area contributed by atoms with E-state index in [4.69, 9.17) is 5.11 Å². The Morgan fingerprint density at radius 3 is 2.55 bits per heavy atom. The number of phenols is 1. The van der Waals surface area contributed by atoms with Crippen LogP contribution >= 0.6 is 11.8 Å². The van der Waals surface area contributed by atoms with Crippen molar-refractivity contribution >= 4 is 51.8 Å². The Morgan fingerprint density at radius 2 is 1.83 bits per heavy atom. The molecule has 10 heteroatoms. The first kappa shape index (κ1) is 18.7. The van der Waals surface area contributed by atoms with Gasteiger partial charge in [-0.2, -0.15) is 0 Å². The number of carboxylic acids is 1. The maximum absolute atomic E-state index is 12.8. The first-order chi connectivity index (χ1) is 13.9. The molecule has 0 unspecified atom stereocenters. The number of fused-ring (bicyclic) bond motifs is 1. The molecule has 0 bridgehead atoms. The van der Waals surface area contributed by atoms with Gasteiger partial charge in [-0.3, -0.25) is 19.3 Å². The van der Waals surface area contributed by atoms with Gasteiger partial charge in [-0.15, -0.1) is 10.2 Å². The van der Waals surface area contributed by atoms with E-state index in [0.717, 1.165) is 11.8 Å². The van der Waals surface area contributed by atoms with Crippen LogP contribution in [0.3, 0.4) is 0 Å². The largest absolute Gasteiger partial charge is 0.508 e. The Balaban J connectivity index is 1.73. The Labute approximate surface area is 168 Å². The zero-order valence-electron chi connectivity index (χ0n) is 14.8. The smallest absolute Gasteiger partial charge is 0.305 e. The van der Waals surface area contributed by atoms with Gasteiger partial charge >= 0.3 is 5.97 Å². The van der Waals surface area contributed by atoms with E-state index in [-0.39, 0.29) is 23.0 Å².